The monoisotopic (exact) mass is 1370 g/mol. The van der Waals surface area contributed by atoms with Crippen LogP contribution in [0.3, 0.4) is 0 Å². The molecular weight excluding hydrogens is 1310 g/mol. The normalized spacial score (nSPS) is 20.8. The number of carbonyl (C=O) groups excluding carboxylic acids is 1. The molecule has 0 fully saturated rings. The molecule has 11 aromatic rings. The summed E-state index contributed by atoms with van der Waals surface area (Å²) < 4.78 is 0. The number of hydrogen-bond donors (Lipinski definition) is 7. The van der Waals surface area contributed by atoms with Gasteiger partial charge in [-0.05, 0) is 228 Å². The highest BCUT2D eigenvalue weighted by molar-refractivity contribution is 6.33. The second-order valence-corrected chi connectivity index (χ2v) is 24.1. The molecule has 8 aliphatic heterocycles. The van der Waals surface area contributed by atoms with E-state index in [0.29, 0.717) is 5.56 Å². The lowest BCUT2D eigenvalue weighted by molar-refractivity contribution is 0.0693. The molecule has 2 atom stereocenters. The van der Waals surface area contributed by atoms with Gasteiger partial charge in [-0.15, -0.1) is 0 Å². The second-order valence-electron chi connectivity index (χ2n) is 24.1. The Labute approximate surface area is 602 Å². The van der Waals surface area contributed by atoms with Crippen LogP contribution in [0.1, 0.15) is 76.9 Å². The number of fused-ring (bicyclic) bond motifs is 14. The number of aldehydes is 1. The zero-order chi connectivity index (χ0) is 71.3. The average molecular weight is 1370 g/mol. The van der Waals surface area contributed by atoms with E-state index in [9.17, 15) is 9.59 Å². The van der Waals surface area contributed by atoms with Crippen LogP contribution in [0.2, 0.25) is 0 Å². The third kappa shape index (κ3) is 14.6. The van der Waals surface area contributed by atoms with Crippen molar-refractivity contribution in [3.8, 4) is 5.75 Å². The van der Waals surface area contributed by atoms with Gasteiger partial charge in [-0.2, -0.15) is 0 Å². The topological polar surface area (TPSA) is 286 Å². The van der Waals surface area contributed by atoms with Crippen LogP contribution in [0.25, 0.3) is 33.4 Å². The average Bonchev–Trinajstić information content (AvgIpc) is 1.62. The highest BCUT2D eigenvalue weighted by Gasteiger charge is 2.30. The van der Waals surface area contributed by atoms with Gasteiger partial charge in [0.1, 0.15) is 17.6 Å². The first-order chi connectivity index (χ1) is 51.8. The third-order valence-electron chi connectivity index (χ3n) is 17.6. The number of para-hydroxylation sites is 1. The van der Waals surface area contributed by atoms with Gasteiger partial charge >= 0.3 is 5.97 Å². The van der Waals surface area contributed by atoms with E-state index in [2.05, 4.69) is 158 Å². The van der Waals surface area contributed by atoms with Crippen molar-refractivity contribution < 1.29 is 19.8 Å². The van der Waals surface area contributed by atoms with Crippen LogP contribution in [0.15, 0.2) is 372 Å². The van der Waals surface area contributed by atoms with Crippen molar-refractivity contribution in [2.45, 2.75) is 12.1 Å². The molecule has 0 amide bonds. The highest BCUT2D eigenvalue weighted by atomic mass is 16.4. The molecule has 8 aliphatic rings. The van der Waals surface area contributed by atoms with E-state index < -0.39 is 5.97 Å². The SMILES string of the molecule is C1=C/C2=C(\c3ccncc3)c3ccc([nH]3)/C(c3ccncc3)=C3/C=CC(=N3)C3C=C/C(=C(\c4ccncc4)C1=N2)N3.C1=C/C2=C(\c3ccncc3)c3ccc([nH]3)/C(c3ccncc3)=C3/C=CC(=N3)C3C=C/C(=C(\c4ccncc4)C1=N2)N3.O=C(O)c1ccccc1O.O=Cc1ccncc1.c1cc[nH]c1. The number of allylic oxidation sites excluding steroid dienone is 10. The second kappa shape index (κ2) is 30.8. The molecular formula is C85H62N16O4. The number of aromatic nitrogens is 10. The molecule has 0 saturated heterocycles. The lowest BCUT2D eigenvalue weighted by Crippen LogP contribution is -2.29. The molecule has 16 bridgehead atoms. The van der Waals surface area contributed by atoms with Crippen molar-refractivity contribution in [2.24, 2.45) is 20.0 Å². The lowest BCUT2D eigenvalue weighted by Gasteiger charge is -2.15. The minimum Gasteiger partial charge on any atom is -0.507 e. The first kappa shape index (κ1) is 66.1. The predicted molar refractivity (Wildman–Crippen MR) is 409 cm³/mol. The Hall–Kier alpha value is -14.8. The molecule has 18 heterocycles. The highest BCUT2D eigenvalue weighted by Crippen LogP contribution is 2.40. The Bertz CT molecular complexity index is 5320. The number of hydrogen-bond acceptors (Lipinski definition) is 16. The number of nitrogens with zero attached hydrogens (tertiary/aromatic N) is 11. The number of phenols is 1. The van der Waals surface area contributed by atoms with E-state index in [-0.39, 0.29) is 23.4 Å². The van der Waals surface area contributed by atoms with Gasteiger partial charge in [0.25, 0.3) is 0 Å². The van der Waals surface area contributed by atoms with Crippen molar-refractivity contribution >= 4 is 68.5 Å². The summed E-state index contributed by atoms with van der Waals surface area (Å²) >= 11 is 0. The summed E-state index contributed by atoms with van der Waals surface area (Å²) in [4.78, 5) is 80.4. The molecule has 20 nitrogen and oxygen atoms in total. The van der Waals surface area contributed by atoms with Crippen LogP contribution in [0.4, 0.5) is 0 Å². The lowest BCUT2D eigenvalue weighted by atomic mass is 10.00. The van der Waals surface area contributed by atoms with Crippen LogP contribution in [0.5, 0.6) is 5.75 Å². The number of rotatable bonds is 8. The number of nitrogens with one attached hydrogen (secondary N) is 5. The number of aromatic hydroxyl groups is 1. The summed E-state index contributed by atoms with van der Waals surface area (Å²) in [5.41, 5.74) is 25.9. The molecule has 10 aromatic heterocycles. The number of carboxylic acid groups (broad SMARTS) is 1. The summed E-state index contributed by atoms with van der Waals surface area (Å²) in [6, 6.07) is 45.6. The maximum Gasteiger partial charge on any atom is 0.339 e. The van der Waals surface area contributed by atoms with E-state index in [1.165, 1.54) is 12.1 Å². The van der Waals surface area contributed by atoms with Crippen molar-refractivity contribution in [1.29, 1.82) is 0 Å². The number of aromatic carboxylic acids is 1. The van der Waals surface area contributed by atoms with Crippen molar-refractivity contribution in [2.75, 3.05) is 0 Å². The van der Waals surface area contributed by atoms with Crippen LogP contribution < -0.4 is 10.6 Å². The zero-order valence-corrected chi connectivity index (χ0v) is 55.9. The molecule has 20 heteroatoms. The van der Waals surface area contributed by atoms with Crippen molar-refractivity contribution in [1.82, 2.24) is 60.5 Å². The van der Waals surface area contributed by atoms with E-state index in [0.717, 1.165) is 153 Å². The third-order valence-corrected chi connectivity index (χ3v) is 17.6. The fourth-order valence-electron chi connectivity index (χ4n) is 12.7. The van der Waals surface area contributed by atoms with E-state index in [1.54, 1.807) is 36.7 Å². The maximum absolute atomic E-state index is 10.3. The zero-order valence-electron chi connectivity index (χ0n) is 55.9. The molecule has 0 saturated carbocycles. The van der Waals surface area contributed by atoms with Crippen LogP contribution in [0, 0.1) is 0 Å². The van der Waals surface area contributed by atoms with Crippen molar-refractivity contribution in [3.05, 3.63) is 419 Å². The molecule has 0 aliphatic carbocycles. The van der Waals surface area contributed by atoms with Gasteiger partial charge < -0.3 is 35.8 Å². The number of benzene rings is 1. The summed E-state index contributed by atoms with van der Waals surface area (Å²) in [5, 5.41) is 24.7. The summed E-state index contributed by atoms with van der Waals surface area (Å²) in [5.74, 6) is -1.31. The van der Waals surface area contributed by atoms with Gasteiger partial charge in [-0.1, -0.05) is 24.3 Å². The minimum atomic E-state index is -1.11. The number of aliphatic imine (C=N–C) groups is 4. The molecule has 506 valence electrons. The van der Waals surface area contributed by atoms with Crippen LogP contribution in [-0.4, -0.2) is 107 Å². The summed E-state index contributed by atoms with van der Waals surface area (Å²) in [6.45, 7) is 0. The van der Waals surface area contributed by atoms with Gasteiger partial charge in [0.2, 0.25) is 0 Å². The Morgan fingerprint density at radius 2 is 0.676 bits per heavy atom. The Morgan fingerprint density at radius 1 is 0.352 bits per heavy atom. The van der Waals surface area contributed by atoms with Gasteiger partial charge in [0.05, 0.1) is 57.7 Å². The fraction of sp³-hybridized carbons (Fsp3) is 0.0235. The number of aromatic amines is 3. The van der Waals surface area contributed by atoms with E-state index in [4.69, 9.17) is 30.2 Å². The van der Waals surface area contributed by atoms with Crippen molar-refractivity contribution in [3.63, 3.8) is 0 Å². The fourth-order valence-corrected chi connectivity index (χ4v) is 12.7. The van der Waals surface area contributed by atoms with Gasteiger partial charge in [-0.25, -0.2) is 14.8 Å². The number of H-pyrrole nitrogens is 3. The van der Waals surface area contributed by atoms with Crippen LogP contribution >= 0.6 is 0 Å². The standard InChI is InChI=1S/2C34H23N7.C7H6O3.C6H5NO.C4H5N/c2*1-3-26-32(21-9-15-35-16-10-21)28-5-7-30(40-28)34(23-13-19-37-20-14-23)31-8-6-29(41-31)33(22-11-17-36-18-12-22)27-4-2-25(39-27)24(1)38-26;8-6-4-2-1-3-5(6)7(9)10;8-5-6-1-3-7-4-2-6;1-2-4-5-3-1/h2*1-20,24,38,41H;1-4,8H,(H,9,10);1-5H;1-5H/b2*32-26-,33-27-,34-30-;;;. The summed E-state index contributed by atoms with van der Waals surface area (Å²) in [6.07, 6.45) is 54.8. The molecule has 1 aromatic carbocycles. The first-order valence-corrected chi connectivity index (χ1v) is 33.5. The Morgan fingerprint density at radius 3 is 0.981 bits per heavy atom. The smallest absolute Gasteiger partial charge is 0.339 e. The van der Waals surface area contributed by atoms with Gasteiger partial charge in [-0.3, -0.25) is 49.7 Å². The largest absolute Gasteiger partial charge is 0.507 e. The number of pyridine rings is 7. The number of carbonyl (C=O) groups is 2. The van der Waals surface area contributed by atoms with Gasteiger partial charge in [0.15, 0.2) is 0 Å². The predicted octanol–water partition coefficient (Wildman–Crippen LogP) is 14.4. The van der Waals surface area contributed by atoms with E-state index in [1.807, 2.05) is 172 Å². The molecule has 19 rings (SSSR count). The van der Waals surface area contributed by atoms with Gasteiger partial charge in [0, 0.05) is 172 Å². The summed E-state index contributed by atoms with van der Waals surface area (Å²) in [7, 11) is 0. The molecule has 105 heavy (non-hydrogen) atoms. The number of carboxylic acids is 1. The molecule has 0 radical (unpaired) electrons. The Kier molecular flexibility index (Phi) is 19.4. The first-order valence-electron chi connectivity index (χ1n) is 33.5. The maximum atomic E-state index is 10.3. The quantitative estimate of drug-likeness (QED) is 0.0698. The van der Waals surface area contributed by atoms with Crippen LogP contribution in [-0.2, 0) is 0 Å². The Balaban J connectivity index is 0.000000129. The minimum absolute atomic E-state index is 0.0630. The molecule has 0 spiro atoms. The molecule has 7 N–H and O–H groups in total. The van der Waals surface area contributed by atoms with E-state index >= 15 is 0 Å². The molecule has 2 unspecified atom stereocenters.